The smallest absolute Gasteiger partial charge is 0.405 e. The van der Waals surface area contributed by atoms with Crippen molar-refractivity contribution < 1.29 is 4.74 Å². The van der Waals surface area contributed by atoms with Crippen molar-refractivity contribution in [3.63, 3.8) is 0 Å². The molecule has 34 heavy (non-hydrogen) atoms. The largest absolute Gasteiger partial charge is 0.406 e. The van der Waals surface area contributed by atoms with Gasteiger partial charge in [0, 0.05) is 16.8 Å². The third kappa shape index (κ3) is 3.03. The first kappa shape index (κ1) is 19.5. The Kier molecular flexibility index (Phi) is 4.46. The van der Waals surface area contributed by atoms with Gasteiger partial charge in [-0.25, -0.2) is 0 Å². The summed E-state index contributed by atoms with van der Waals surface area (Å²) in [4.78, 5) is 0. The van der Waals surface area contributed by atoms with Gasteiger partial charge in [0.2, 0.25) is 0 Å². The van der Waals surface area contributed by atoms with Crippen molar-refractivity contribution in [2.75, 3.05) is 10.5 Å². The molecule has 0 bridgehead atoms. The lowest BCUT2D eigenvalue weighted by atomic mass is 9.61. The van der Waals surface area contributed by atoms with Crippen molar-refractivity contribution in [2.24, 2.45) is 0 Å². The lowest BCUT2D eigenvalue weighted by molar-refractivity contribution is 0.135. The molecule has 0 radical (unpaired) electrons. The summed E-state index contributed by atoms with van der Waals surface area (Å²) < 4.78 is 6.04. The highest BCUT2D eigenvalue weighted by molar-refractivity contribution is 6.81. The zero-order valence-electron chi connectivity index (χ0n) is 18.7. The number of hydrogen-bond donors (Lipinski definition) is 2. The summed E-state index contributed by atoms with van der Waals surface area (Å²) in [6.07, 6.45) is 0. The summed E-state index contributed by atoms with van der Waals surface area (Å²) in [5.74, 6) is 0. The molecule has 0 fully saturated rings. The van der Waals surface area contributed by atoms with E-state index in [9.17, 15) is 0 Å². The van der Waals surface area contributed by atoms with Gasteiger partial charge in [0.25, 0.3) is 0 Å². The fraction of sp³-hybridized carbons (Fsp3) is 0.0667. The number of hydrogen-bond acceptors (Lipinski definition) is 3. The average Bonchev–Trinajstić information content (AvgIpc) is 3.39. The predicted molar refractivity (Wildman–Crippen MR) is 142 cm³/mol. The molecule has 0 unspecified atom stereocenters. The third-order valence-corrected chi connectivity index (χ3v) is 7.04. The van der Waals surface area contributed by atoms with Gasteiger partial charge < -0.3 is 15.2 Å². The zero-order chi connectivity index (χ0) is 22.5. The van der Waals surface area contributed by atoms with Crippen LogP contribution in [0.1, 0.15) is 11.1 Å². The number of anilines is 2. The molecule has 0 aliphatic carbocycles. The quantitative estimate of drug-likeness (QED) is 0.318. The van der Waals surface area contributed by atoms with E-state index in [4.69, 9.17) is 4.74 Å². The molecule has 0 saturated carbocycles. The van der Waals surface area contributed by atoms with Crippen LogP contribution in [0, 0.1) is 0 Å². The van der Waals surface area contributed by atoms with Crippen molar-refractivity contribution in [3.8, 4) is 22.3 Å². The van der Waals surface area contributed by atoms with Crippen LogP contribution in [0.15, 0.2) is 103 Å². The Morgan fingerprint density at radius 1 is 0.618 bits per heavy atom. The monoisotopic (exact) mass is 438 g/mol. The van der Waals surface area contributed by atoms with E-state index >= 15 is 0 Å². The molecule has 0 atom stereocenters. The SMILES string of the molecule is c1ccc(-c2cc(B3Nc4cccc5cccc(c45)N3)c(-c3ccccc3)c3c2COC3)cc1. The molecule has 2 N–H and O–H groups in total. The Labute approximate surface area is 199 Å². The number of nitrogens with one attached hydrogen (secondary N) is 2. The van der Waals surface area contributed by atoms with Crippen LogP contribution >= 0.6 is 0 Å². The van der Waals surface area contributed by atoms with Crippen LogP contribution in [0.3, 0.4) is 0 Å². The van der Waals surface area contributed by atoms with Gasteiger partial charge in [-0.05, 0) is 56.4 Å². The van der Waals surface area contributed by atoms with Crippen molar-refractivity contribution >= 4 is 34.6 Å². The Hall–Kier alpha value is -4.02. The van der Waals surface area contributed by atoms with E-state index in [2.05, 4.69) is 114 Å². The Bertz CT molecular complexity index is 1490. The Morgan fingerprint density at radius 2 is 1.24 bits per heavy atom. The number of benzene rings is 5. The second-order valence-electron chi connectivity index (χ2n) is 9.00. The van der Waals surface area contributed by atoms with Crippen LogP contribution in [-0.2, 0) is 18.0 Å². The first-order valence-electron chi connectivity index (χ1n) is 11.8. The summed E-state index contributed by atoms with van der Waals surface area (Å²) in [5.41, 5.74) is 11.1. The molecule has 0 saturated heterocycles. The van der Waals surface area contributed by atoms with Crippen LogP contribution in [0.2, 0.25) is 0 Å². The van der Waals surface area contributed by atoms with Crippen molar-refractivity contribution in [1.82, 2.24) is 0 Å². The molecular weight excluding hydrogens is 415 g/mol. The van der Waals surface area contributed by atoms with Gasteiger partial charge in [0.15, 0.2) is 0 Å². The normalized spacial score (nSPS) is 13.9. The van der Waals surface area contributed by atoms with Gasteiger partial charge >= 0.3 is 6.98 Å². The van der Waals surface area contributed by atoms with E-state index < -0.39 is 0 Å². The topological polar surface area (TPSA) is 33.3 Å². The lowest BCUT2D eigenvalue weighted by Crippen LogP contribution is -2.49. The minimum Gasteiger partial charge on any atom is -0.405 e. The van der Waals surface area contributed by atoms with Gasteiger partial charge in [0.1, 0.15) is 0 Å². The molecule has 0 amide bonds. The molecule has 5 aromatic rings. The maximum absolute atomic E-state index is 6.04. The van der Waals surface area contributed by atoms with Gasteiger partial charge in [0.05, 0.1) is 13.2 Å². The molecule has 2 aliphatic heterocycles. The molecule has 162 valence electrons. The summed E-state index contributed by atoms with van der Waals surface area (Å²) >= 11 is 0. The highest BCUT2D eigenvalue weighted by Gasteiger charge is 2.32. The lowest BCUT2D eigenvalue weighted by Gasteiger charge is -2.29. The molecule has 2 heterocycles. The molecule has 5 aromatic carbocycles. The average molecular weight is 438 g/mol. The molecule has 2 aliphatic rings. The predicted octanol–water partition coefficient (Wildman–Crippen LogP) is 6.44. The van der Waals surface area contributed by atoms with E-state index in [1.807, 2.05) is 0 Å². The molecule has 0 aromatic heterocycles. The van der Waals surface area contributed by atoms with Crippen LogP contribution in [0.4, 0.5) is 11.4 Å². The van der Waals surface area contributed by atoms with Crippen molar-refractivity contribution in [1.29, 1.82) is 0 Å². The van der Waals surface area contributed by atoms with Crippen molar-refractivity contribution in [3.05, 3.63) is 114 Å². The van der Waals surface area contributed by atoms with E-state index in [0.29, 0.717) is 13.2 Å². The standard InChI is InChI=1S/C30H23BN2O/c1-3-9-20(10-4-1)23-17-26(29(21-11-5-2-6-12-21)25-19-34-18-24(23)25)31-32-27-15-7-13-22-14-8-16-28(33-31)30(22)27/h1-17,32-33H,18-19H2. The van der Waals surface area contributed by atoms with Crippen LogP contribution in [-0.4, -0.2) is 6.98 Å². The molecule has 0 spiro atoms. The Balaban J connectivity index is 1.47. The fourth-order valence-electron chi connectivity index (χ4n) is 5.51. The zero-order valence-corrected chi connectivity index (χ0v) is 18.7. The number of rotatable bonds is 3. The number of ether oxygens (including phenoxy) is 1. The molecule has 3 nitrogen and oxygen atoms in total. The highest BCUT2D eigenvalue weighted by Crippen LogP contribution is 2.39. The highest BCUT2D eigenvalue weighted by atomic mass is 16.5. The van der Waals surface area contributed by atoms with Crippen LogP contribution in [0.25, 0.3) is 33.0 Å². The van der Waals surface area contributed by atoms with Gasteiger partial charge in [-0.1, -0.05) is 91.0 Å². The number of fused-ring (bicyclic) bond motifs is 1. The van der Waals surface area contributed by atoms with E-state index in [1.165, 1.54) is 49.6 Å². The van der Waals surface area contributed by atoms with Gasteiger partial charge in [-0.15, -0.1) is 0 Å². The maximum Gasteiger partial charge on any atom is 0.406 e. The van der Waals surface area contributed by atoms with Crippen LogP contribution in [0.5, 0.6) is 0 Å². The summed E-state index contributed by atoms with van der Waals surface area (Å²) in [5, 5.41) is 10.1. The summed E-state index contributed by atoms with van der Waals surface area (Å²) in [7, 11) is 0. The second-order valence-corrected chi connectivity index (χ2v) is 9.00. The van der Waals surface area contributed by atoms with Gasteiger partial charge in [-0.2, -0.15) is 0 Å². The fourth-order valence-corrected chi connectivity index (χ4v) is 5.51. The summed E-state index contributed by atoms with van der Waals surface area (Å²) in [6, 6.07) is 36.7. The van der Waals surface area contributed by atoms with Crippen LogP contribution < -0.4 is 15.9 Å². The maximum atomic E-state index is 6.04. The first-order valence-corrected chi connectivity index (χ1v) is 11.8. The minimum atomic E-state index is -0.0657. The minimum absolute atomic E-state index is 0.0657. The van der Waals surface area contributed by atoms with E-state index in [1.54, 1.807) is 0 Å². The van der Waals surface area contributed by atoms with Gasteiger partial charge in [-0.3, -0.25) is 0 Å². The molecule has 4 heteroatoms. The summed E-state index contributed by atoms with van der Waals surface area (Å²) in [6.45, 7) is 1.21. The third-order valence-electron chi connectivity index (χ3n) is 7.04. The molecule has 7 rings (SSSR count). The second kappa shape index (κ2) is 7.79. The van der Waals surface area contributed by atoms with Crippen molar-refractivity contribution in [2.45, 2.75) is 13.2 Å². The molecular formula is C30H23BN2O. The Morgan fingerprint density at radius 3 is 1.91 bits per heavy atom. The van der Waals surface area contributed by atoms with E-state index in [0.717, 1.165) is 11.4 Å². The first-order chi connectivity index (χ1) is 16.9. The van der Waals surface area contributed by atoms with E-state index in [-0.39, 0.29) is 6.98 Å².